The number of benzene rings is 1. The van der Waals surface area contributed by atoms with E-state index >= 15 is 0 Å². The van der Waals surface area contributed by atoms with Gasteiger partial charge in [0.15, 0.2) is 0 Å². The van der Waals surface area contributed by atoms with Gasteiger partial charge in [0.1, 0.15) is 0 Å². The van der Waals surface area contributed by atoms with Gasteiger partial charge in [0.25, 0.3) is 0 Å². The molecule has 7 heteroatoms. The zero-order chi connectivity index (χ0) is 13.1. The van der Waals surface area contributed by atoms with E-state index < -0.39 is 0 Å². The summed E-state index contributed by atoms with van der Waals surface area (Å²) < 4.78 is 8.34. The third kappa shape index (κ3) is 16.7. The Balaban J connectivity index is -0.0000000650. The number of aliphatic hydroxyl groups is 1. The molecule has 2 aromatic carbocycles. The molecule has 0 aliphatic rings. The summed E-state index contributed by atoms with van der Waals surface area (Å²) in [5.41, 5.74) is 0. The number of hydrogen-bond donors (Lipinski definition) is 1. The number of fused-ring (bicyclic) bond motifs is 1. The van der Waals surface area contributed by atoms with E-state index in [0.717, 1.165) is 6.04 Å². The maximum Gasteiger partial charge on any atom is 0 e. The van der Waals surface area contributed by atoms with Crippen molar-refractivity contribution in [3.05, 3.63) is 49.9 Å². The molecule has 0 saturated heterocycles. The van der Waals surface area contributed by atoms with Crippen LogP contribution >= 0.6 is 24.8 Å². The van der Waals surface area contributed by atoms with Crippen LogP contribution < -0.4 is 0 Å². The zero-order valence-corrected chi connectivity index (χ0v) is 18.7. The Morgan fingerprint density at radius 3 is 2.05 bits per heavy atom. The summed E-state index contributed by atoms with van der Waals surface area (Å²) in [5, 5.41) is 10.9. The van der Waals surface area contributed by atoms with Crippen LogP contribution in [0.25, 0.3) is 10.8 Å². The zero-order valence-electron chi connectivity index (χ0n) is 12.6. The number of halogens is 2. The minimum absolute atomic E-state index is 0. The van der Waals surface area contributed by atoms with Gasteiger partial charge in [0, 0.05) is 26.4 Å². The van der Waals surface area contributed by atoms with Crippen LogP contribution in [0.15, 0.2) is 42.5 Å². The first-order chi connectivity index (χ1) is 8.24. The maximum absolute atomic E-state index is 8.34. The quantitative estimate of drug-likeness (QED) is 0.563. The van der Waals surface area contributed by atoms with Crippen molar-refractivity contribution >= 4 is 55.3 Å². The second kappa shape index (κ2) is 22.8. The molecule has 2 aromatic rings. The fourth-order valence-corrected chi connectivity index (χ4v) is 1.74. The van der Waals surface area contributed by atoms with Crippen LogP contribution in [0.2, 0.25) is 19.1 Å². The normalized spacial score (nSPS) is 7.52. The summed E-state index contributed by atoms with van der Waals surface area (Å²) in [7, 11) is -0.136. The van der Waals surface area contributed by atoms with Crippen LogP contribution in [-0.4, -0.2) is 31.5 Å². The average molecular weight is 442 g/mol. The molecule has 0 heterocycles. The molecule has 0 aliphatic carbocycles. The van der Waals surface area contributed by atoms with Gasteiger partial charge in [0.05, 0.1) is 0 Å². The second-order valence-corrected chi connectivity index (χ2v) is 6.75. The van der Waals surface area contributed by atoms with E-state index in [1.165, 1.54) is 10.8 Å². The molecule has 0 amide bonds. The summed E-state index contributed by atoms with van der Waals surface area (Å²) in [6.45, 7) is 4.77. The molecule has 2 rings (SSSR count). The van der Waals surface area contributed by atoms with E-state index in [1.54, 1.807) is 0 Å². The Morgan fingerprint density at radius 2 is 1.67 bits per heavy atom. The summed E-state index contributed by atoms with van der Waals surface area (Å²) in [4.78, 5) is 0. The average Bonchev–Trinajstić information content (AvgIpc) is 2.80. The molecule has 117 valence electrons. The molecule has 5 radical (unpaired) electrons. The predicted molar refractivity (Wildman–Crippen MR) is 96.3 cm³/mol. The Hall–Kier alpha value is 0.487. The third-order valence-corrected chi connectivity index (χ3v) is 3.38. The van der Waals surface area contributed by atoms with E-state index in [-0.39, 0.29) is 52.0 Å². The fourth-order valence-electron chi connectivity index (χ4n) is 1.29. The van der Waals surface area contributed by atoms with Crippen molar-refractivity contribution in [1.29, 1.82) is 0 Å². The van der Waals surface area contributed by atoms with E-state index in [0.29, 0.717) is 31.3 Å². The largest absolute Gasteiger partial charge is 0.168 e. The molecular weight excluding hydrogens is 418 g/mol. The molecule has 0 saturated carbocycles. The van der Waals surface area contributed by atoms with Crippen LogP contribution in [0.4, 0.5) is 0 Å². The van der Waals surface area contributed by atoms with Crippen molar-refractivity contribution in [3.63, 3.8) is 0 Å². The molecule has 1 N–H and O–H groups in total. The van der Waals surface area contributed by atoms with Crippen LogP contribution in [0, 0.1) is 7.43 Å². The molecule has 21 heavy (non-hydrogen) atoms. The Labute approximate surface area is 162 Å². The van der Waals surface area contributed by atoms with Crippen LogP contribution in [-0.2, 0) is 27.5 Å². The molecule has 0 atom stereocenters. The van der Waals surface area contributed by atoms with Crippen LogP contribution in [0.5, 0.6) is 0 Å². The molecule has 0 aromatic heterocycles. The van der Waals surface area contributed by atoms with E-state index in [2.05, 4.69) is 55.6 Å². The Bertz CT molecular complexity index is 384. The van der Waals surface area contributed by atoms with E-state index in [4.69, 9.17) is 7.92 Å². The van der Waals surface area contributed by atoms with Crippen molar-refractivity contribution in [1.82, 2.24) is 0 Å². The molecule has 0 fully saturated rings. The number of hydrogen-bond acceptors (Lipinski definition) is 2. The summed E-state index contributed by atoms with van der Waals surface area (Å²) in [6.07, 6.45) is 0. The molecule has 0 bridgehead atoms. The van der Waals surface area contributed by atoms with E-state index in [1.807, 2.05) is 0 Å². The standard InChI is InChI=1S/C9H7.C4H11OSi.CH3.2ClH.O.Si.Zr/c1-2-5-9-7-3-6-8(9)4-1;1-6(2)4-3-5;;;;;;/h1-7H;5H,3-4H2,1-2H3;1H3;2*1H;;;/q-1;;-1;;;;;+2. The fraction of sp³-hybridized carbons (Fsp3) is 0.286. The molecule has 0 spiro atoms. The van der Waals surface area contributed by atoms with E-state index in [9.17, 15) is 0 Å². The molecule has 0 aliphatic heterocycles. The summed E-state index contributed by atoms with van der Waals surface area (Å²) >= 11 is 0.300. The Kier molecular flexibility index (Phi) is 36.0. The smallest absolute Gasteiger partial charge is 0 e. The summed E-state index contributed by atoms with van der Waals surface area (Å²) in [6, 6.07) is 15.7. The van der Waals surface area contributed by atoms with Crippen molar-refractivity contribution in [3.8, 4) is 0 Å². The van der Waals surface area contributed by atoms with Crippen LogP contribution in [0.1, 0.15) is 0 Å². The number of aliphatic hydroxyl groups excluding tert-OH is 1. The van der Waals surface area contributed by atoms with Gasteiger partial charge in [-0.25, -0.2) is 0 Å². The third-order valence-electron chi connectivity index (χ3n) is 2.16. The minimum Gasteiger partial charge on any atom is -0.168 e. The van der Waals surface area contributed by atoms with Gasteiger partial charge in [-0.15, -0.1) is 54.5 Å². The van der Waals surface area contributed by atoms with Gasteiger partial charge in [-0.05, 0) is 6.04 Å². The van der Waals surface area contributed by atoms with Gasteiger partial charge in [0.2, 0.25) is 0 Å². The number of rotatable bonds is 2. The molecular formula is C14H23Cl2O2Si2Zr. The van der Waals surface area contributed by atoms with Crippen molar-refractivity contribution in [2.75, 3.05) is 6.61 Å². The van der Waals surface area contributed by atoms with Crippen molar-refractivity contribution in [2.45, 2.75) is 19.1 Å². The van der Waals surface area contributed by atoms with Crippen molar-refractivity contribution < 1.29 is 32.6 Å². The minimum atomic E-state index is -0.136. The first-order valence-corrected chi connectivity index (χ1v) is 9.16. The first kappa shape index (κ1) is 33.2. The van der Waals surface area contributed by atoms with Gasteiger partial charge in [-0.3, -0.25) is 0 Å². The van der Waals surface area contributed by atoms with Gasteiger partial charge >= 0.3 is 27.5 Å². The SMILES string of the molecule is C[Si](C)CCO.Cl.Cl.[CH3-].[O]=[Zr+2].[Si].c1ccc2[cH-]ccc2c1. The first-order valence-electron chi connectivity index (χ1n) is 5.45. The van der Waals surface area contributed by atoms with Crippen molar-refractivity contribution in [2.24, 2.45) is 0 Å². The topological polar surface area (TPSA) is 37.3 Å². The van der Waals surface area contributed by atoms with Gasteiger partial charge in [-0.2, -0.15) is 17.5 Å². The van der Waals surface area contributed by atoms with Crippen LogP contribution in [0.3, 0.4) is 0 Å². The monoisotopic (exact) mass is 439 g/mol. The molecule has 0 unspecified atom stereocenters. The van der Waals surface area contributed by atoms with Gasteiger partial charge in [-0.1, -0.05) is 19.2 Å². The second-order valence-electron chi connectivity index (χ2n) is 3.84. The molecule has 2 nitrogen and oxygen atoms in total. The maximum atomic E-state index is 8.34. The van der Waals surface area contributed by atoms with Gasteiger partial charge < -0.3 is 12.5 Å². The predicted octanol–water partition coefficient (Wildman–Crippen LogP) is 4.08. The Morgan fingerprint density at radius 1 is 1.14 bits per heavy atom. The summed E-state index contributed by atoms with van der Waals surface area (Å²) in [5.74, 6) is 0.